The Bertz CT molecular complexity index is 461. The molecule has 0 saturated carbocycles. The van der Waals surface area contributed by atoms with Crippen LogP contribution in [-0.4, -0.2) is 50.8 Å². The molecule has 0 aliphatic carbocycles. The van der Waals surface area contributed by atoms with Gasteiger partial charge in [-0.05, 0) is 32.2 Å². The van der Waals surface area contributed by atoms with Crippen molar-refractivity contribution in [2.45, 2.75) is 20.0 Å². The number of guanidine groups is 1. The fraction of sp³-hybridized carbons (Fsp3) is 0.562. The SMILES string of the molecule is CCNC(=NCC(C)Oc1cccc(OC)c1)NCCSC.I. The number of rotatable bonds is 9. The highest BCUT2D eigenvalue weighted by molar-refractivity contribution is 14.0. The number of aliphatic imine (C=N–C) groups is 1. The Kier molecular flexibility index (Phi) is 13.1. The Hall–Kier alpha value is -0.830. The van der Waals surface area contributed by atoms with Crippen LogP contribution in [0.2, 0.25) is 0 Å². The highest BCUT2D eigenvalue weighted by Crippen LogP contribution is 2.19. The molecule has 7 heteroatoms. The van der Waals surface area contributed by atoms with Crippen LogP contribution in [-0.2, 0) is 0 Å². The van der Waals surface area contributed by atoms with Gasteiger partial charge in [0.15, 0.2) is 5.96 Å². The van der Waals surface area contributed by atoms with Crippen LogP contribution in [0.25, 0.3) is 0 Å². The van der Waals surface area contributed by atoms with Crippen molar-refractivity contribution in [3.63, 3.8) is 0 Å². The number of nitrogens with one attached hydrogen (secondary N) is 2. The van der Waals surface area contributed by atoms with Gasteiger partial charge >= 0.3 is 0 Å². The van der Waals surface area contributed by atoms with Gasteiger partial charge in [0.25, 0.3) is 0 Å². The van der Waals surface area contributed by atoms with Gasteiger partial charge in [-0.3, -0.25) is 0 Å². The van der Waals surface area contributed by atoms with E-state index >= 15 is 0 Å². The molecule has 0 aromatic heterocycles. The fourth-order valence-corrected chi connectivity index (χ4v) is 2.08. The minimum absolute atomic E-state index is 0. The number of ether oxygens (including phenoxy) is 2. The number of nitrogens with zero attached hydrogens (tertiary/aromatic N) is 1. The van der Waals surface area contributed by atoms with Gasteiger partial charge in [-0.1, -0.05) is 6.07 Å². The molecule has 1 aromatic rings. The Morgan fingerprint density at radius 1 is 1.30 bits per heavy atom. The first-order valence-corrected chi connectivity index (χ1v) is 8.90. The molecule has 1 aromatic carbocycles. The summed E-state index contributed by atoms with van der Waals surface area (Å²) in [5, 5.41) is 6.53. The Morgan fingerprint density at radius 2 is 2.04 bits per heavy atom. The summed E-state index contributed by atoms with van der Waals surface area (Å²) >= 11 is 1.81. The molecule has 0 fully saturated rings. The first-order valence-electron chi connectivity index (χ1n) is 7.51. The zero-order chi connectivity index (χ0) is 16.2. The van der Waals surface area contributed by atoms with Crippen LogP contribution in [0.15, 0.2) is 29.3 Å². The van der Waals surface area contributed by atoms with Gasteiger partial charge in [-0.2, -0.15) is 11.8 Å². The first-order chi connectivity index (χ1) is 10.7. The van der Waals surface area contributed by atoms with E-state index in [0.29, 0.717) is 6.54 Å². The monoisotopic (exact) mass is 453 g/mol. The fourth-order valence-electron chi connectivity index (χ4n) is 1.78. The maximum Gasteiger partial charge on any atom is 0.191 e. The molecular formula is C16H28IN3O2S. The number of hydrogen-bond donors (Lipinski definition) is 2. The van der Waals surface area contributed by atoms with Crippen LogP contribution in [0.4, 0.5) is 0 Å². The van der Waals surface area contributed by atoms with Gasteiger partial charge in [-0.25, -0.2) is 4.99 Å². The zero-order valence-electron chi connectivity index (χ0n) is 14.3. The van der Waals surface area contributed by atoms with Gasteiger partial charge in [0, 0.05) is 24.9 Å². The van der Waals surface area contributed by atoms with Gasteiger partial charge in [0.2, 0.25) is 0 Å². The normalized spacial score (nSPS) is 12.1. The molecular weight excluding hydrogens is 425 g/mol. The number of methoxy groups -OCH3 is 1. The molecule has 0 saturated heterocycles. The van der Waals surface area contributed by atoms with Crippen LogP contribution >= 0.6 is 35.7 Å². The van der Waals surface area contributed by atoms with Crippen LogP contribution < -0.4 is 20.1 Å². The Labute approximate surface area is 161 Å². The summed E-state index contributed by atoms with van der Waals surface area (Å²) in [4.78, 5) is 4.55. The average Bonchev–Trinajstić information content (AvgIpc) is 2.53. The zero-order valence-corrected chi connectivity index (χ0v) is 17.4. The van der Waals surface area contributed by atoms with Crippen LogP contribution in [0.1, 0.15) is 13.8 Å². The predicted octanol–water partition coefficient (Wildman–Crippen LogP) is 3.00. The second-order valence-corrected chi connectivity index (χ2v) is 5.73. The van der Waals surface area contributed by atoms with Crippen LogP contribution in [0, 0.1) is 0 Å². The van der Waals surface area contributed by atoms with E-state index in [-0.39, 0.29) is 30.1 Å². The number of hydrogen-bond acceptors (Lipinski definition) is 4. The molecule has 0 bridgehead atoms. The van der Waals surface area contributed by atoms with Crippen molar-refractivity contribution in [2.75, 3.05) is 38.8 Å². The molecule has 23 heavy (non-hydrogen) atoms. The summed E-state index contributed by atoms with van der Waals surface area (Å²) in [6.45, 7) is 6.40. The highest BCUT2D eigenvalue weighted by Gasteiger charge is 2.05. The summed E-state index contributed by atoms with van der Waals surface area (Å²) in [6.07, 6.45) is 2.08. The minimum atomic E-state index is -0.0110. The van der Waals surface area contributed by atoms with Crippen molar-refractivity contribution >= 4 is 41.7 Å². The van der Waals surface area contributed by atoms with Crippen molar-refractivity contribution in [1.82, 2.24) is 10.6 Å². The molecule has 5 nitrogen and oxygen atoms in total. The Balaban J connectivity index is 0.00000484. The summed E-state index contributed by atoms with van der Waals surface area (Å²) in [5.41, 5.74) is 0. The molecule has 132 valence electrons. The van der Waals surface area contributed by atoms with E-state index in [1.165, 1.54) is 0 Å². The third kappa shape index (κ3) is 9.80. The van der Waals surface area contributed by atoms with Gasteiger partial charge in [0.1, 0.15) is 17.6 Å². The van der Waals surface area contributed by atoms with E-state index in [1.807, 2.05) is 43.0 Å². The van der Waals surface area contributed by atoms with Gasteiger partial charge < -0.3 is 20.1 Å². The van der Waals surface area contributed by atoms with E-state index in [2.05, 4.69) is 28.8 Å². The smallest absolute Gasteiger partial charge is 0.191 e. The topological polar surface area (TPSA) is 54.9 Å². The quantitative estimate of drug-likeness (QED) is 0.261. The number of thioether (sulfide) groups is 1. The molecule has 1 rings (SSSR count). The van der Waals surface area contributed by atoms with E-state index < -0.39 is 0 Å². The van der Waals surface area contributed by atoms with Crippen molar-refractivity contribution in [1.29, 1.82) is 0 Å². The maximum atomic E-state index is 5.86. The van der Waals surface area contributed by atoms with E-state index in [1.54, 1.807) is 7.11 Å². The number of benzene rings is 1. The van der Waals surface area contributed by atoms with Crippen molar-refractivity contribution in [3.05, 3.63) is 24.3 Å². The van der Waals surface area contributed by atoms with E-state index in [9.17, 15) is 0 Å². The van der Waals surface area contributed by atoms with Crippen molar-refractivity contribution < 1.29 is 9.47 Å². The molecule has 2 N–H and O–H groups in total. The van der Waals surface area contributed by atoms with Gasteiger partial charge in [0.05, 0.1) is 13.7 Å². The summed E-state index contributed by atoms with van der Waals surface area (Å²) in [6, 6.07) is 7.61. The standard InChI is InChI=1S/C16H27N3O2S.HI/c1-5-17-16(18-9-10-22-4)19-12-13(2)21-15-8-6-7-14(11-15)20-3;/h6-8,11,13H,5,9-10,12H2,1-4H3,(H2,17,18,19);1H. The molecule has 0 heterocycles. The number of halogens is 1. The third-order valence-corrected chi connectivity index (χ3v) is 3.44. The van der Waals surface area contributed by atoms with Crippen molar-refractivity contribution in [3.8, 4) is 11.5 Å². The molecule has 0 radical (unpaired) electrons. The van der Waals surface area contributed by atoms with E-state index in [0.717, 1.165) is 36.3 Å². The largest absolute Gasteiger partial charge is 0.497 e. The lowest BCUT2D eigenvalue weighted by molar-refractivity contribution is 0.229. The minimum Gasteiger partial charge on any atom is -0.497 e. The third-order valence-electron chi connectivity index (χ3n) is 2.83. The van der Waals surface area contributed by atoms with Crippen LogP contribution in [0.3, 0.4) is 0 Å². The Morgan fingerprint density at radius 3 is 2.70 bits per heavy atom. The van der Waals surface area contributed by atoms with E-state index in [4.69, 9.17) is 9.47 Å². The lowest BCUT2D eigenvalue weighted by Gasteiger charge is -2.15. The maximum absolute atomic E-state index is 5.86. The molecule has 0 amide bonds. The summed E-state index contributed by atoms with van der Waals surface area (Å²) in [5.74, 6) is 3.47. The lowest BCUT2D eigenvalue weighted by Crippen LogP contribution is -2.39. The summed E-state index contributed by atoms with van der Waals surface area (Å²) in [7, 11) is 1.65. The molecule has 0 aliphatic heterocycles. The predicted molar refractivity (Wildman–Crippen MR) is 111 cm³/mol. The van der Waals surface area contributed by atoms with Gasteiger partial charge in [-0.15, -0.1) is 24.0 Å². The second kappa shape index (κ2) is 13.6. The second-order valence-electron chi connectivity index (χ2n) is 4.75. The molecule has 0 spiro atoms. The molecule has 0 aliphatic rings. The highest BCUT2D eigenvalue weighted by atomic mass is 127. The molecule has 1 atom stereocenters. The lowest BCUT2D eigenvalue weighted by atomic mass is 10.3. The van der Waals surface area contributed by atoms with Crippen LogP contribution in [0.5, 0.6) is 11.5 Å². The summed E-state index contributed by atoms with van der Waals surface area (Å²) < 4.78 is 11.1. The molecule has 1 unspecified atom stereocenters. The first kappa shape index (κ1) is 22.2. The van der Waals surface area contributed by atoms with Crippen molar-refractivity contribution in [2.24, 2.45) is 4.99 Å². The average molecular weight is 453 g/mol.